The summed E-state index contributed by atoms with van der Waals surface area (Å²) in [7, 11) is 0. The summed E-state index contributed by atoms with van der Waals surface area (Å²) in [6.45, 7) is 0. The Morgan fingerprint density at radius 1 is 1.38 bits per heavy atom. The number of carbonyl (C=O) groups excluding carboxylic acids is 1. The largest absolute Gasteiger partial charge is 0.418 e. The van der Waals surface area contributed by atoms with Gasteiger partial charge in [-0.15, -0.1) is 0 Å². The van der Waals surface area contributed by atoms with Gasteiger partial charge in [0.15, 0.2) is 6.29 Å². The van der Waals surface area contributed by atoms with Gasteiger partial charge in [-0.1, -0.05) is 0 Å². The van der Waals surface area contributed by atoms with Crippen LogP contribution in [0.15, 0.2) is 12.3 Å². The molecular weight excluding hydrogens is 190 g/mol. The first kappa shape index (κ1) is 9.63. The lowest BCUT2D eigenvalue weighted by Gasteiger charge is -2.07. The third-order valence-electron chi connectivity index (χ3n) is 1.30. The lowest BCUT2D eigenvalue weighted by Crippen LogP contribution is -2.10. The van der Waals surface area contributed by atoms with Gasteiger partial charge in [-0.3, -0.25) is 4.79 Å². The van der Waals surface area contributed by atoms with E-state index in [4.69, 9.17) is 0 Å². The molecule has 1 rings (SSSR count). The molecule has 0 aliphatic heterocycles. The first-order valence-corrected chi connectivity index (χ1v) is 3.13. The van der Waals surface area contributed by atoms with Gasteiger partial charge in [0.05, 0.1) is 11.8 Å². The van der Waals surface area contributed by atoms with Gasteiger partial charge in [-0.25, -0.2) is 9.37 Å². The van der Waals surface area contributed by atoms with Gasteiger partial charge < -0.3 is 0 Å². The molecule has 0 bridgehead atoms. The molecule has 0 radical (unpaired) electrons. The minimum atomic E-state index is -4.76. The number of hydrogen-bond acceptors (Lipinski definition) is 2. The minimum absolute atomic E-state index is 0.0672. The quantitative estimate of drug-likeness (QED) is 0.504. The average Bonchev–Trinajstić information content (AvgIpc) is 2.03. The van der Waals surface area contributed by atoms with Crippen LogP contribution in [0.5, 0.6) is 0 Å². The van der Waals surface area contributed by atoms with Crippen molar-refractivity contribution in [3.8, 4) is 0 Å². The Bertz CT molecular complexity index is 334. The molecule has 0 aliphatic rings. The number of nitrogens with zero attached hydrogens (tertiary/aromatic N) is 1. The van der Waals surface area contributed by atoms with Crippen molar-refractivity contribution in [2.24, 2.45) is 0 Å². The van der Waals surface area contributed by atoms with Crippen LogP contribution in [0.4, 0.5) is 17.6 Å². The molecule has 6 heteroatoms. The molecule has 0 amide bonds. The fourth-order valence-corrected chi connectivity index (χ4v) is 0.771. The smallest absolute Gasteiger partial charge is 0.296 e. The number of alkyl halides is 3. The SMILES string of the molecule is O=Cc1ncc(F)cc1C(F)(F)F. The standard InChI is InChI=1S/C7H3F4NO/c8-4-1-5(7(9,10)11)6(3-13)12-2-4/h1-3H. The molecule has 1 aromatic heterocycles. The van der Waals surface area contributed by atoms with E-state index in [-0.39, 0.29) is 12.4 Å². The molecule has 0 spiro atoms. The Morgan fingerprint density at radius 2 is 2.00 bits per heavy atom. The molecule has 0 N–H and O–H groups in total. The van der Waals surface area contributed by atoms with Crippen LogP contribution in [0.1, 0.15) is 16.1 Å². The summed E-state index contributed by atoms with van der Waals surface area (Å²) in [6, 6.07) is 0.233. The number of aromatic nitrogens is 1. The van der Waals surface area contributed by atoms with E-state index in [1.54, 1.807) is 0 Å². The van der Waals surface area contributed by atoms with Crippen LogP contribution in [-0.4, -0.2) is 11.3 Å². The molecule has 1 heterocycles. The zero-order chi connectivity index (χ0) is 10.1. The topological polar surface area (TPSA) is 30.0 Å². The van der Waals surface area contributed by atoms with Crippen LogP contribution >= 0.6 is 0 Å². The van der Waals surface area contributed by atoms with Gasteiger partial charge in [0, 0.05) is 0 Å². The van der Waals surface area contributed by atoms with Crippen LogP contribution < -0.4 is 0 Å². The highest BCUT2D eigenvalue weighted by molar-refractivity contribution is 5.74. The summed E-state index contributed by atoms with van der Waals surface area (Å²) < 4.78 is 48.5. The highest BCUT2D eigenvalue weighted by atomic mass is 19.4. The van der Waals surface area contributed by atoms with E-state index in [1.165, 1.54) is 0 Å². The summed E-state index contributed by atoms with van der Waals surface area (Å²) in [5.74, 6) is -1.13. The van der Waals surface area contributed by atoms with Crippen molar-refractivity contribution in [3.63, 3.8) is 0 Å². The molecule has 1 aromatic rings. The van der Waals surface area contributed by atoms with E-state index < -0.39 is 23.3 Å². The van der Waals surface area contributed by atoms with Crippen LogP contribution in [0, 0.1) is 5.82 Å². The Hall–Kier alpha value is -1.46. The van der Waals surface area contributed by atoms with Crippen molar-refractivity contribution >= 4 is 6.29 Å². The maximum absolute atomic E-state index is 12.3. The number of hydrogen-bond donors (Lipinski definition) is 0. The fraction of sp³-hybridized carbons (Fsp3) is 0.143. The number of pyridine rings is 1. The summed E-state index contributed by atoms with van der Waals surface area (Å²) in [4.78, 5) is 13.1. The van der Waals surface area contributed by atoms with E-state index >= 15 is 0 Å². The first-order valence-electron chi connectivity index (χ1n) is 3.13. The number of rotatable bonds is 1. The molecule has 13 heavy (non-hydrogen) atoms. The molecule has 0 aromatic carbocycles. The molecule has 0 aliphatic carbocycles. The van der Waals surface area contributed by atoms with E-state index in [2.05, 4.69) is 4.98 Å². The molecule has 2 nitrogen and oxygen atoms in total. The van der Waals surface area contributed by atoms with Crippen LogP contribution in [0.2, 0.25) is 0 Å². The van der Waals surface area contributed by atoms with Crippen molar-refractivity contribution in [2.75, 3.05) is 0 Å². The molecular formula is C7H3F4NO. The third-order valence-corrected chi connectivity index (χ3v) is 1.30. The van der Waals surface area contributed by atoms with Gasteiger partial charge >= 0.3 is 6.18 Å². The van der Waals surface area contributed by atoms with Crippen LogP contribution in [0.25, 0.3) is 0 Å². The van der Waals surface area contributed by atoms with Crippen molar-refractivity contribution < 1.29 is 22.4 Å². The number of aldehydes is 1. The van der Waals surface area contributed by atoms with Crippen LogP contribution in [-0.2, 0) is 6.18 Å². The Labute approximate surface area is 70.2 Å². The predicted octanol–water partition coefficient (Wildman–Crippen LogP) is 2.05. The zero-order valence-corrected chi connectivity index (χ0v) is 6.10. The average molecular weight is 193 g/mol. The maximum atomic E-state index is 12.3. The second kappa shape index (κ2) is 3.12. The molecule has 70 valence electrons. The van der Waals surface area contributed by atoms with Crippen LogP contribution in [0.3, 0.4) is 0 Å². The van der Waals surface area contributed by atoms with E-state index in [1.807, 2.05) is 0 Å². The summed E-state index contributed by atoms with van der Waals surface area (Å²) >= 11 is 0. The van der Waals surface area contributed by atoms with E-state index in [0.29, 0.717) is 6.20 Å². The van der Waals surface area contributed by atoms with Gasteiger partial charge in [-0.2, -0.15) is 13.2 Å². The maximum Gasteiger partial charge on any atom is 0.418 e. The zero-order valence-electron chi connectivity index (χ0n) is 6.10. The summed E-state index contributed by atoms with van der Waals surface area (Å²) in [5.41, 5.74) is -2.17. The van der Waals surface area contributed by atoms with Gasteiger partial charge in [0.1, 0.15) is 11.5 Å². The summed E-state index contributed by atoms with van der Waals surface area (Å²) in [5, 5.41) is 0. The van der Waals surface area contributed by atoms with Crippen molar-refractivity contribution in [1.82, 2.24) is 4.98 Å². The van der Waals surface area contributed by atoms with Gasteiger partial charge in [0.2, 0.25) is 0 Å². The number of carbonyl (C=O) groups is 1. The monoisotopic (exact) mass is 193 g/mol. The van der Waals surface area contributed by atoms with Gasteiger partial charge in [-0.05, 0) is 6.07 Å². The normalized spacial score (nSPS) is 11.4. The third kappa shape index (κ3) is 2.01. The van der Waals surface area contributed by atoms with E-state index in [9.17, 15) is 22.4 Å². The first-order chi connectivity index (χ1) is 5.95. The van der Waals surface area contributed by atoms with Crippen molar-refractivity contribution in [2.45, 2.75) is 6.18 Å². The lowest BCUT2D eigenvalue weighted by molar-refractivity contribution is -0.138. The van der Waals surface area contributed by atoms with Crippen molar-refractivity contribution in [1.29, 1.82) is 0 Å². The molecule has 0 saturated carbocycles. The molecule has 0 fully saturated rings. The van der Waals surface area contributed by atoms with Gasteiger partial charge in [0.25, 0.3) is 0 Å². The van der Waals surface area contributed by atoms with E-state index in [0.717, 1.165) is 0 Å². The summed E-state index contributed by atoms with van der Waals surface area (Å²) in [6.07, 6.45) is -4.27. The minimum Gasteiger partial charge on any atom is -0.296 e. The highest BCUT2D eigenvalue weighted by Gasteiger charge is 2.34. The number of halogens is 4. The second-order valence-electron chi connectivity index (χ2n) is 2.20. The molecule has 0 atom stereocenters. The Morgan fingerprint density at radius 3 is 2.46 bits per heavy atom. The lowest BCUT2D eigenvalue weighted by atomic mass is 10.2. The molecule has 0 unspecified atom stereocenters. The second-order valence-corrected chi connectivity index (χ2v) is 2.20. The Balaban J connectivity index is 3.32. The Kier molecular flexibility index (Phi) is 2.31. The molecule has 0 saturated heterocycles. The highest BCUT2D eigenvalue weighted by Crippen LogP contribution is 2.30. The predicted molar refractivity (Wildman–Crippen MR) is 34.6 cm³/mol. The fourth-order valence-electron chi connectivity index (χ4n) is 0.771. The van der Waals surface area contributed by atoms with Crippen molar-refractivity contribution in [3.05, 3.63) is 29.3 Å².